The van der Waals surface area contributed by atoms with Crippen LogP contribution in [0.15, 0.2) is 66.6 Å². The molecule has 1 aliphatic rings. The molecule has 188 valence electrons. The van der Waals surface area contributed by atoms with E-state index in [0.717, 1.165) is 17.5 Å². The Morgan fingerprint density at radius 3 is 2.81 bits per heavy atom. The van der Waals surface area contributed by atoms with E-state index in [1.165, 1.54) is 9.78 Å². The van der Waals surface area contributed by atoms with Crippen molar-refractivity contribution < 1.29 is 19.1 Å². The first-order chi connectivity index (χ1) is 17.4. The van der Waals surface area contributed by atoms with Gasteiger partial charge >= 0.3 is 0 Å². The number of thiophene rings is 1. The summed E-state index contributed by atoms with van der Waals surface area (Å²) in [5, 5.41) is 2.73. The third-order valence-corrected chi connectivity index (χ3v) is 7.65. The Kier molecular flexibility index (Phi) is 8.33. The largest absolute Gasteiger partial charge is 0.497 e. The van der Waals surface area contributed by atoms with Crippen molar-refractivity contribution in [2.24, 2.45) is 0 Å². The number of aryl methyl sites for hydroxylation is 1. The second-order valence-electron chi connectivity index (χ2n) is 8.58. The molecule has 0 bridgehead atoms. The van der Waals surface area contributed by atoms with Gasteiger partial charge in [0.15, 0.2) is 0 Å². The van der Waals surface area contributed by atoms with E-state index in [1.54, 1.807) is 48.8 Å². The van der Waals surface area contributed by atoms with Crippen LogP contribution in [0.5, 0.6) is 11.5 Å². The minimum Gasteiger partial charge on any atom is -0.497 e. The number of methoxy groups -OCH3 is 1. The molecule has 1 unspecified atom stereocenters. The fourth-order valence-corrected chi connectivity index (χ4v) is 5.37. The summed E-state index contributed by atoms with van der Waals surface area (Å²) in [5.74, 6) is 0.903. The predicted octanol–water partition coefficient (Wildman–Crippen LogP) is 5.55. The summed E-state index contributed by atoms with van der Waals surface area (Å²) in [7, 11) is 1.55. The smallest absolute Gasteiger partial charge is 0.254 e. The molecule has 2 amide bonds. The van der Waals surface area contributed by atoms with E-state index in [4.69, 9.17) is 21.1 Å². The Hall–Kier alpha value is -3.29. The van der Waals surface area contributed by atoms with Crippen LogP contribution in [0.4, 0.5) is 0 Å². The summed E-state index contributed by atoms with van der Waals surface area (Å²) < 4.78 is 11.4. The highest BCUT2D eigenvalue weighted by Gasteiger charge is 2.33. The molecule has 3 aromatic rings. The maximum Gasteiger partial charge on any atom is 0.254 e. The van der Waals surface area contributed by atoms with Gasteiger partial charge in [-0.3, -0.25) is 9.59 Å². The Balaban J connectivity index is 1.53. The van der Waals surface area contributed by atoms with Crippen LogP contribution < -0.4 is 9.47 Å². The fraction of sp³-hybridized carbons (Fsp3) is 0.286. The molecule has 1 aromatic heterocycles. The quantitative estimate of drug-likeness (QED) is 0.344. The first-order valence-electron chi connectivity index (χ1n) is 11.7. The number of hydrogen-bond donors (Lipinski definition) is 0. The van der Waals surface area contributed by atoms with Crippen LogP contribution in [0.3, 0.4) is 0 Å². The van der Waals surface area contributed by atoms with Crippen molar-refractivity contribution in [3.63, 3.8) is 0 Å². The number of halogens is 1. The van der Waals surface area contributed by atoms with Crippen LogP contribution in [0.25, 0.3) is 0 Å². The number of nitrogens with zero attached hydrogens (tertiary/aromatic N) is 2. The van der Waals surface area contributed by atoms with Gasteiger partial charge in [0.25, 0.3) is 5.91 Å². The molecule has 0 saturated carbocycles. The van der Waals surface area contributed by atoms with Crippen molar-refractivity contribution >= 4 is 34.8 Å². The number of hydrogen-bond acceptors (Lipinski definition) is 5. The zero-order valence-corrected chi connectivity index (χ0v) is 22.0. The number of fused-ring (bicyclic) bond motifs is 1. The minimum absolute atomic E-state index is 0.0575. The molecule has 4 rings (SSSR count). The second kappa shape index (κ2) is 11.6. The number of carbonyl (C=O) groups excluding carboxylic acids is 2. The van der Waals surface area contributed by atoms with Crippen LogP contribution >= 0.6 is 22.9 Å². The fourth-order valence-electron chi connectivity index (χ4n) is 4.32. The molecule has 0 radical (unpaired) electrons. The van der Waals surface area contributed by atoms with Gasteiger partial charge in [0.2, 0.25) is 5.91 Å². The topological polar surface area (TPSA) is 59.1 Å². The van der Waals surface area contributed by atoms with Crippen LogP contribution in [-0.2, 0) is 11.2 Å². The van der Waals surface area contributed by atoms with Gasteiger partial charge in [-0.2, -0.15) is 0 Å². The van der Waals surface area contributed by atoms with Gasteiger partial charge in [0.05, 0.1) is 13.2 Å². The van der Waals surface area contributed by atoms with E-state index < -0.39 is 0 Å². The van der Waals surface area contributed by atoms with Crippen LogP contribution in [-0.4, -0.2) is 55.0 Å². The standard InChI is InChI=1S/C28H29ClN2O4S/c1-4-12-30(28(33)20-6-5-7-21(16-20)34-3)17-27(32)31-13-10-26-23(11-14-36-26)25(31)18-35-22-8-9-24(29)19(2)15-22/h4-9,11,14-16,25H,1,10,12-13,17-18H2,2-3H3. The molecule has 8 heteroatoms. The lowest BCUT2D eigenvalue weighted by Gasteiger charge is -2.37. The van der Waals surface area contributed by atoms with E-state index >= 15 is 0 Å². The second-order valence-corrected chi connectivity index (χ2v) is 9.99. The molecule has 1 atom stereocenters. The maximum absolute atomic E-state index is 13.6. The molecular formula is C28H29ClN2O4S. The SMILES string of the molecule is C=CCN(CC(=O)N1CCc2sccc2C1COc1ccc(Cl)c(C)c1)C(=O)c1cccc(OC)c1. The van der Waals surface area contributed by atoms with Crippen LogP contribution in [0.1, 0.15) is 32.4 Å². The van der Waals surface area contributed by atoms with Gasteiger partial charge in [-0.05, 0) is 72.3 Å². The first kappa shape index (κ1) is 25.8. The average Bonchev–Trinajstić information content (AvgIpc) is 3.37. The molecule has 0 saturated heterocycles. The van der Waals surface area contributed by atoms with Crippen molar-refractivity contribution in [1.82, 2.24) is 9.80 Å². The van der Waals surface area contributed by atoms with E-state index in [1.807, 2.05) is 30.0 Å². The van der Waals surface area contributed by atoms with Crippen molar-refractivity contribution in [2.45, 2.75) is 19.4 Å². The van der Waals surface area contributed by atoms with Crippen molar-refractivity contribution in [3.8, 4) is 11.5 Å². The highest BCUT2D eigenvalue weighted by atomic mass is 35.5. The number of carbonyl (C=O) groups is 2. The molecule has 0 fully saturated rings. The molecule has 0 N–H and O–H groups in total. The first-order valence-corrected chi connectivity index (χ1v) is 13.0. The zero-order chi connectivity index (χ0) is 25.7. The third-order valence-electron chi connectivity index (χ3n) is 6.23. The molecule has 6 nitrogen and oxygen atoms in total. The monoisotopic (exact) mass is 524 g/mol. The van der Waals surface area contributed by atoms with Gasteiger partial charge in [-0.25, -0.2) is 0 Å². The molecular weight excluding hydrogens is 496 g/mol. The molecule has 0 aliphatic carbocycles. The van der Waals surface area contributed by atoms with Crippen LogP contribution in [0, 0.1) is 6.92 Å². The lowest BCUT2D eigenvalue weighted by molar-refractivity contribution is -0.135. The van der Waals surface area contributed by atoms with E-state index in [9.17, 15) is 9.59 Å². The molecule has 1 aliphatic heterocycles. The summed E-state index contributed by atoms with van der Waals surface area (Å²) in [6.07, 6.45) is 2.41. The Bertz CT molecular complexity index is 1260. The summed E-state index contributed by atoms with van der Waals surface area (Å²) in [5.41, 5.74) is 2.48. The van der Waals surface area contributed by atoms with Gasteiger partial charge in [0, 0.05) is 28.6 Å². The lowest BCUT2D eigenvalue weighted by Crippen LogP contribution is -2.47. The summed E-state index contributed by atoms with van der Waals surface area (Å²) in [4.78, 5) is 31.4. The summed E-state index contributed by atoms with van der Waals surface area (Å²) in [6, 6.07) is 14.3. The van der Waals surface area contributed by atoms with Gasteiger partial charge in [0.1, 0.15) is 24.7 Å². The molecule has 2 heterocycles. The zero-order valence-electron chi connectivity index (χ0n) is 20.4. The Morgan fingerprint density at radius 1 is 1.22 bits per heavy atom. The lowest BCUT2D eigenvalue weighted by atomic mass is 10.0. The Morgan fingerprint density at radius 2 is 2.06 bits per heavy atom. The van der Waals surface area contributed by atoms with E-state index in [2.05, 4.69) is 18.0 Å². The number of ether oxygens (including phenoxy) is 2. The number of rotatable bonds is 9. The Labute approximate surface area is 220 Å². The van der Waals surface area contributed by atoms with Gasteiger partial charge < -0.3 is 19.3 Å². The summed E-state index contributed by atoms with van der Waals surface area (Å²) in [6.45, 7) is 6.77. The predicted molar refractivity (Wildman–Crippen MR) is 143 cm³/mol. The normalized spacial score (nSPS) is 14.6. The average molecular weight is 525 g/mol. The van der Waals surface area contributed by atoms with Crippen molar-refractivity contribution in [3.05, 3.63) is 93.2 Å². The van der Waals surface area contributed by atoms with Crippen molar-refractivity contribution in [2.75, 3.05) is 33.4 Å². The van der Waals surface area contributed by atoms with E-state index in [0.29, 0.717) is 35.2 Å². The number of benzene rings is 2. The molecule has 36 heavy (non-hydrogen) atoms. The van der Waals surface area contributed by atoms with Gasteiger partial charge in [-0.1, -0.05) is 23.7 Å². The molecule has 0 spiro atoms. The highest BCUT2D eigenvalue weighted by Crippen LogP contribution is 2.34. The minimum atomic E-state index is -0.250. The number of amides is 2. The third kappa shape index (κ3) is 5.74. The highest BCUT2D eigenvalue weighted by molar-refractivity contribution is 7.10. The van der Waals surface area contributed by atoms with E-state index in [-0.39, 0.29) is 30.9 Å². The van der Waals surface area contributed by atoms with Gasteiger partial charge in [-0.15, -0.1) is 17.9 Å². The van der Waals surface area contributed by atoms with Crippen molar-refractivity contribution in [1.29, 1.82) is 0 Å². The summed E-state index contributed by atoms with van der Waals surface area (Å²) >= 11 is 7.85. The molecule has 2 aromatic carbocycles. The van der Waals surface area contributed by atoms with Crippen LogP contribution in [0.2, 0.25) is 5.02 Å². The maximum atomic E-state index is 13.6.